The Bertz CT molecular complexity index is 629. The molecule has 1 amide bonds. The van der Waals surface area contributed by atoms with Crippen LogP contribution in [0.5, 0.6) is 0 Å². The third kappa shape index (κ3) is 2.23. The number of rotatable bonds is 3. The van der Waals surface area contributed by atoms with Crippen molar-refractivity contribution in [3.8, 4) is 0 Å². The monoisotopic (exact) mass is 299 g/mol. The second-order valence-electron chi connectivity index (χ2n) is 4.91. The first-order valence-corrected chi connectivity index (χ1v) is 7.47. The van der Waals surface area contributed by atoms with E-state index in [9.17, 15) is 13.2 Å². The van der Waals surface area contributed by atoms with E-state index < -0.39 is 15.6 Å². The number of anilines is 1. The summed E-state index contributed by atoms with van der Waals surface area (Å²) < 4.78 is 26.6. The summed E-state index contributed by atoms with van der Waals surface area (Å²) in [5.74, 6) is 5.00. The van der Waals surface area contributed by atoms with Gasteiger partial charge in [0.2, 0.25) is 15.9 Å². The molecule has 0 aromatic carbocycles. The molecule has 1 saturated heterocycles. The highest BCUT2D eigenvalue weighted by Crippen LogP contribution is 2.29. The van der Waals surface area contributed by atoms with Gasteiger partial charge in [0.25, 0.3) is 0 Å². The van der Waals surface area contributed by atoms with Gasteiger partial charge >= 0.3 is 0 Å². The van der Waals surface area contributed by atoms with Gasteiger partial charge in [0, 0.05) is 25.5 Å². The van der Waals surface area contributed by atoms with E-state index in [-0.39, 0.29) is 29.6 Å². The molecule has 0 unspecified atom stereocenters. The summed E-state index contributed by atoms with van der Waals surface area (Å²) in [6, 6.07) is 1.46. The molecule has 0 aliphatic carbocycles. The van der Waals surface area contributed by atoms with E-state index in [1.165, 1.54) is 18.5 Å². The van der Waals surface area contributed by atoms with Crippen molar-refractivity contribution in [1.82, 2.24) is 14.6 Å². The first-order chi connectivity index (χ1) is 9.31. The van der Waals surface area contributed by atoms with Crippen LogP contribution >= 0.6 is 0 Å². The number of pyridine rings is 1. The molecule has 0 saturated carbocycles. The van der Waals surface area contributed by atoms with Crippen LogP contribution in [-0.4, -0.2) is 42.2 Å². The molecule has 20 heavy (non-hydrogen) atoms. The number of nitrogens with zero attached hydrogens (tertiary/aromatic N) is 2. The summed E-state index contributed by atoms with van der Waals surface area (Å²) in [5, 5.41) is 2.65. The quantitative estimate of drug-likeness (QED) is 0.500. The van der Waals surface area contributed by atoms with Crippen molar-refractivity contribution in [3.05, 3.63) is 18.5 Å². The third-order valence-electron chi connectivity index (χ3n) is 3.29. The van der Waals surface area contributed by atoms with Crippen molar-refractivity contribution in [1.29, 1.82) is 0 Å². The molecule has 1 aromatic heterocycles. The van der Waals surface area contributed by atoms with E-state index in [1.54, 1.807) is 13.8 Å². The van der Waals surface area contributed by atoms with Gasteiger partial charge in [0.15, 0.2) is 0 Å². The zero-order valence-electron chi connectivity index (χ0n) is 11.3. The zero-order chi connectivity index (χ0) is 15.0. The van der Waals surface area contributed by atoms with Gasteiger partial charge in [-0.2, -0.15) is 4.31 Å². The van der Waals surface area contributed by atoms with E-state index in [1.807, 2.05) is 0 Å². The maximum absolute atomic E-state index is 12.7. The maximum atomic E-state index is 12.7. The number of piperazine rings is 1. The Hall–Kier alpha value is -1.71. The van der Waals surface area contributed by atoms with Gasteiger partial charge in [0.05, 0.1) is 5.69 Å². The van der Waals surface area contributed by atoms with Crippen LogP contribution in [0.4, 0.5) is 5.69 Å². The maximum Gasteiger partial charge on any atom is 0.247 e. The van der Waals surface area contributed by atoms with Crippen LogP contribution in [0.1, 0.15) is 13.8 Å². The predicted molar refractivity (Wildman–Crippen MR) is 73.0 cm³/mol. The fourth-order valence-corrected chi connectivity index (χ4v) is 3.98. The summed E-state index contributed by atoms with van der Waals surface area (Å²) in [6.07, 6.45) is 2.65. The normalized spacial score (nSPS) is 19.4. The Morgan fingerprint density at radius 3 is 2.85 bits per heavy atom. The number of nitrogens with one attached hydrogen (secondary N) is 2. The number of aromatic nitrogens is 1. The molecule has 9 heteroatoms. The predicted octanol–water partition coefficient (Wildman–Crippen LogP) is -0.734. The lowest BCUT2D eigenvalue weighted by molar-refractivity contribution is -0.131. The van der Waals surface area contributed by atoms with E-state index >= 15 is 0 Å². The average molecular weight is 299 g/mol. The minimum atomic E-state index is -3.88. The topological polar surface area (TPSA) is 117 Å². The number of nitrogens with two attached hydrogens (primary N) is 1. The highest BCUT2D eigenvalue weighted by Gasteiger charge is 2.45. The Labute approximate surface area is 117 Å². The fourth-order valence-electron chi connectivity index (χ4n) is 2.12. The minimum Gasteiger partial charge on any atom is -0.353 e. The van der Waals surface area contributed by atoms with Crippen LogP contribution in [0.15, 0.2) is 23.4 Å². The largest absolute Gasteiger partial charge is 0.353 e. The molecule has 4 N–H and O–H groups in total. The van der Waals surface area contributed by atoms with Crippen molar-refractivity contribution in [2.45, 2.75) is 24.3 Å². The lowest BCUT2D eigenvalue weighted by Crippen LogP contribution is -2.63. The molecule has 0 bridgehead atoms. The lowest BCUT2D eigenvalue weighted by Gasteiger charge is -2.39. The van der Waals surface area contributed by atoms with E-state index in [2.05, 4.69) is 15.7 Å². The number of carbonyl (C=O) groups excluding carboxylic acids is 1. The molecule has 1 aliphatic heterocycles. The fraction of sp³-hybridized carbons (Fsp3) is 0.455. The third-order valence-corrected chi connectivity index (χ3v) is 5.39. The van der Waals surface area contributed by atoms with Crippen LogP contribution in [0.3, 0.4) is 0 Å². The van der Waals surface area contributed by atoms with Gasteiger partial charge in [-0.3, -0.25) is 15.6 Å². The van der Waals surface area contributed by atoms with Gasteiger partial charge in [-0.05, 0) is 19.9 Å². The van der Waals surface area contributed by atoms with Gasteiger partial charge in [-0.25, -0.2) is 8.42 Å². The number of hydrogen-bond donors (Lipinski definition) is 3. The number of hydrazine groups is 1. The molecule has 1 aromatic rings. The van der Waals surface area contributed by atoms with Crippen LogP contribution in [0.25, 0.3) is 0 Å². The zero-order valence-corrected chi connectivity index (χ0v) is 12.1. The second kappa shape index (κ2) is 5.00. The van der Waals surface area contributed by atoms with Crippen LogP contribution < -0.4 is 16.6 Å². The number of carbonyl (C=O) groups is 1. The molecule has 0 radical (unpaired) electrons. The van der Waals surface area contributed by atoms with Crippen molar-refractivity contribution < 1.29 is 13.2 Å². The highest BCUT2D eigenvalue weighted by atomic mass is 32.2. The van der Waals surface area contributed by atoms with E-state index in [0.717, 1.165) is 4.31 Å². The average Bonchev–Trinajstić information content (AvgIpc) is 2.41. The van der Waals surface area contributed by atoms with Crippen molar-refractivity contribution >= 4 is 21.6 Å². The van der Waals surface area contributed by atoms with Gasteiger partial charge < -0.3 is 10.7 Å². The van der Waals surface area contributed by atoms with Gasteiger partial charge in [-0.15, -0.1) is 0 Å². The summed E-state index contributed by atoms with van der Waals surface area (Å²) in [7, 11) is -3.88. The van der Waals surface area contributed by atoms with Crippen LogP contribution in [-0.2, 0) is 14.8 Å². The van der Waals surface area contributed by atoms with Crippen LogP contribution in [0, 0.1) is 0 Å². The Morgan fingerprint density at radius 1 is 1.50 bits per heavy atom. The number of amides is 1. The van der Waals surface area contributed by atoms with Crippen molar-refractivity contribution in [3.63, 3.8) is 0 Å². The molecule has 110 valence electrons. The molecule has 2 heterocycles. The molecule has 8 nitrogen and oxygen atoms in total. The van der Waals surface area contributed by atoms with Crippen molar-refractivity contribution in [2.75, 3.05) is 18.5 Å². The molecule has 1 aliphatic rings. The Morgan fingerprint density at radius 2 is 2.20 bits per heavy atom. The molecule has 0 atom stereocenters. The molecule has 0 spiro atoms. The van der Waals surface area contributed by atoms with E-state index in [0.29, 0.717) is 0 Å². The SMILES string of the molecule is CC1(C)C(=O)NCCN1S(=O)(=O)c1cnccc1NN. The standard InChI is InChI=1S/C11H17N5O3S/c1-11(2)10(17)14-5-6-16(11)20(18,19)9-7-13-4-3-8(9)15-12/h3-4,7H,5-6,12H2,1-2H3,(H,13,15)(H,14,17). The summed E-state index contributed by atoms with van der Waals surface area (Å²) >= 11 is 0. The molecular formula is C11H17N5O3S. The number of sulfonamides is 1. The first-order valence-electron chi connectivity index (χ1n) is 6.03. The summed E-state index contributed by atoms with van der Waals surface area (Å²) in [4.78, 5) is 15.7. The highest BCUT2D eigenvalue weighted by molar-refractivity contribution is 7.89. The Kier molecular flexibility index (Phi) is 3.67. The van der Waals surface area contributed by atoms with Gasteiger partial charge in [-0.1, -0.05) is 0 Å². The lowest BCUT2D eigenvalue weighted by atomic mass is 10.0. The number of nitrogen functional groups attached to an aromatic ring is 1. The second-order valence-corrected chi connectivity index (χ2v) is 6.74. The molecule has 1 fully saturated rings. The number of hydrogen-bond acceptors (Lipinski definition) is 6. The first kappa shape index (κ1) is 14.7. The summed E-state index contributed by atoms with van der Waals surface area (Å²) in [5.41, 5.74) is 1.40. The summed E-state index contributed by atoms with van der Waals surface area (Å²) in [6.45, 7) is 3.59. The van der Waals surface area contributed by atoms with Crippen LogP contribution in [0.2, 0.25) is 0 Å². The molecule has 2 rings (SSSR count). The smallest absolute Gasteiger partial charge is 0.247 e. The van der Waals surface area contributed by atoms with E-state index in [4.69, 9.17) is 5.84 Å². The Balaban J connectivity index is 2.52. The van der Waals surface area contributed by atoms with Crippen molar-refractivity contribution in [2.24, 2.45) is 5.84 Å². The van der Waals surface area contributed by atoms with Gasteiger partial charge in [0.1, 0.15) is 10.4 Å². The molecular weight excluding hydrogens is 282 g/mol. The minimum absolute atomic E-state index is 0.0507.